The molecule has 0 atom stereocenters. The Morgan fingerprint density at radius 3 is 2.62 bits per heavy atom. The molecule has 0 unspecified atom stereocenters. The normalized spacial score (nSPS) is 14.6. The number of rotatable bonds is 6. The molecule has 0 fully saturated rings. The van der Waals surface area contributed by atoms with Crippen molar-refractivity contribution in [2.45, 2.75) is 57.4 Å². The van der Waals surface area contributed by atoms with Crippen LogP contribution in [0.15, 0.2) is 23.1 Å². The fraction of sp³-hybridized carbons (Fsp3) is 0.588. The number of hydrogen-bond donors (Lipinski definition) is 2. The molecule has 0 saturated heterocycles. The fourth-order valence-corrected chi connectivity index (χ4v) is 4.11. The van der Waals surface area contributed by atoms with Crippen molar-refractivity contribution < 1.29 is 13.2 Å². The Hall–Kier alpha value is -1.60. The third kappa shape index (κ3) is 4.08. The lowest BCUT2D eigenvalue weighted by Gasteiger charge is -2.24. The van der Waals surface area contributed by atoms with Crippen LogP contribution in [-0.4, -0.2) is 33.1 Å². The van der Waals surface area contributed by atoms with Crippen LogP contribution in [0.5, 0.6) is 0 Å². The highest BCUT2D eigenvalue weighted by atomic mass is 32.2. The number of nitrogens with zero attached hydrogens (tertiary/aromatic N) is 1. The van der Waals surface area contributed by atoms with Crippen LogP contribution in [0.2, 0.25) is 0 Å². The van der Waals surface area contributed by atoms with E-state index in [-0.39, 0.29) is 10.9 Å². The second-order valence-electron chi connectivity index (χ2n) is 6.77. The molecule has 0 aromatic heterocycles. The van der Waals surface area contributed by atoms with Gasteiger partial charge in [-0.25, -0.2) is 17.9 Å². The summed E-state index contributed by atoms with van der Waals surface area (Å²) in [5.41, 5.74) is 1.18. The third-order valence-electron chi connectivity index (χ3n) is 4.32. The molecule has 1 heterocycles. The van der Waals surface area contributed by atoms with Gasteiger partial charge >= 0.3 is 6.03 Å². The summed E-state index contributed by atoms with van der Waals surface area (Å²) in [7, 11) is -3.57. The van der Waals surface area contributed by atoms with Crippen molar-refractivity contribution in [3.05, 3.63) is 23.8 Å². The lowest BCUT2D eigenvalue weighted by molar-refractivity contribution is 0.247. The molecule has 6 nitrogen and oxygen atoms in total. The van der Waals surface area contributed by atoms with Gasteiger partial charge in [0.05, 0.1) is 4.90 Å². The van der Waals surface area contributed by atoms with Gasteiger partial charge in [0.2, 0.25) is 10.0 Å². The molecule has 2 rings (SSSR count). The smallest absolute Gasteiger partial charge is 0.321 e. The summed E-state index contributed by atoms with van der Waals surface area (Å²) in [4.78, 5) is 14.1. The topological polar surface area (TPSA) is 78.5 Å². The summed E-state index contributed by atoms with van der Waals surface area (Å²) in [5.74, 6) is 0. The second-order valence-corrected chi connectivity index (χ2v) is 8.45. The number of urea groups is 1. The minimum absolute atomic E-state index is 0.128. The van der Waals surface area contributed by atoms with Crippen LogP contribution >= 0.6 is 0 Å². The van der Waals surface area contributed by atoms with Crippen LogP contribution in [-0.2, 0) is 16.4 Å². The molecule has 1 aliphatic rings. The SMILES string of the molecule is CCCNC(=O)N1CCc2cc(S(=O)(=O)NC(C)(C)CC)ccc21. The van der Waals surface area contributed by atoms with Crippen molar-refractivity contribution >= 4 is 21.7 Å². The predicted molar refractivity (Wildman–Crippen MR) is 95.9 cm³/mol. The second kappa shape index (κ2) is 7.11. The molecule has 7 heteroatoms. The first-order chi connectivity index (χ1) is 11.2. The number of amides is 2. The first-order valence-electron chi connectivity index (χ1n) is 8.42. The zero-order chi connectivity index (χ0) is 18.0. The fourth-order valence-electron chi connectivity index (χ4n) is 2.58. The van der Waals surface area contributed by atoms with E-state index in [2.05, 4.69) is 10.0 Å². The van der Waals surface area contributed by atoms with Crippen molar-refractivity contribution in [1.82, 2.24) is 10.0 Å². The summed E-state index contributed by atoms with van der Waals surface area (Å²) in [6.45, 7) is 8.86. The van der Waals surface area contributed by atoms with Gasteiger partial charge in [0, 0.05) is 24.3 Å². The minimum Gasteiger partial charge on any atom is -0.338 e. The molecule has 0 spiro atoms. The van der Waals surface area contributed by atoms with E-state index in [4.69, 9.17) is 0 Å². The van der Waals surface area contributed by atoms with E-state index >= 15 is 0 Å². The van der Waals surface area contributed by atoms with Crippen molar-refractivity contribution in [3.8, 4) is 0 Å². The number of nitrogens with one attached hydrogen (secondary N) is 2. The molecule has 134 valence electrons. The summed E-state index contributed by atoms with van der Waals surface area (Å²) in [6, 6.07) is 4.84. The van der Waals surface area contributed by atoms with Gasteiger partial charge in [0.15, 0.2) is 0 Å². The Morgan fingerprint density at radius 2 is 2.00 bits per heavy atom. The van der Waals surface area contributed by atoms with Gasteiger partial charge in [0.1, 0.15) is 0 Å². The van der Waals surface area contributed by atoms with Crippen molar-refractivity contribution in [3.63, 3.8) is 0 Å². The predicted octanol–water partition coefficient (Wildman–Crippen LogP) is 2.64. The van der Waals surface area contributed by atoms with E-state index in [0.29, 0.717) is 25.9 Å². The third-order valence-corrected chi connectivity index (χ3v) is 6.02. The standard InChI is InChI=1S/C17H27N3O3S/c1-5-10-18-16(21)20-11-9-13-12-14(7-8-15(13)20)24(22,23)19-17(3,4)6-2/h7-8,12,19H,5-6,9-11H2,1-4H3,(H,18,21). The summed E-state index contributed by atoms with van der Waals surface area (Å²) >= 11 is 0. The molecule has 0 aliphatic carbocycles. The Morgan fingerprint density at radius 1 is 1.29 bits per heavy atom. The number of anilines is 1. The van der Waals surface area contributed by atoms with Gasteiger partial charge in [-0.3, -0.25) is 4.90 Å². The van der Waals surface area contributed by atoms with Crippen LogP contribution in [0, 0.1) is 0 Å². The number of fused-ring (bicyclic) bond motifs is 1. The molecule has 24 heavy (non-hydrogen) atoms. The maximum Gasteiger partial charge on any atom is 0.321 e. The number of carbonyl (C=O) groups is 1. The largest absolute Gasteiger partial charge is 0.338 e. The highest BCUT2D eigenvalue weighted by molar-refractivity contribution is 7.89. The lowest BCUT2D eigenvalue weighted by Crippen LogP contribution is -2.42. The summed E-state index contributed by atoms with van der Waals surface area (Å²) in [5, 5.41) is 2.86. The van der Waals surface area contributed by atoms with Crippen molar-refractivity contribution in [2.75, 3.05) is 18.0 Å². The van der Waals surface area contributed by atoms with Crippen LogP contribution in [0.1, 0.15) is 46.1 Å². The van der Waals surface area contributed by atoms with Gasteiger partial charge in [0.25, 0.3) is 0 Å². The molecular weight excluding hydrogens is 326 g/mol. The molecule has 0 bridgehead atoms. The maximum absolute atomic E-state index is 12.6. The van der Waals surface area contributed by atoms with Crippen LogP contribution in [0.3, 0.4) is 0 Å². The lowest BCUT2D eigenvalue weighted by atomic mass is 10.0. The molecular formula is C17H27N3O3S. The Balaban J connectivity index is 2.23. The zero-order valence-corrected chi connectivity index (χ0v) is 15.7. The van der Waals surface area contributed by atoms with E-state index in [1.807, 2.05) is 27.7 Å². The van der Waals surface area contributed by atoms with Gasteiger partial charge < -0.3 is 5.32 Å². The van der Waals surface area contributed by atoms with Gasteiger partial charge in [-0.2, -0.15) is 0 Å². The van der Waals surface area contributed by atoms with E-state index in [9.17, 15) is 13.2 Å². The van der Waals surface area contributed by atoms with E-state index < -0.39 is 15.6 Å². The number of benzene rings is 1. The first kappa shape index (κ1) is 18.7. The maximum atomic E-state index is 12.6. The van der Waals surface area contributed by atoms with Crippen LogP contribution in [0.25, 0.3) is 0 Å². The molecule has 1 aliphatic heterocycles. The number of carbonyl (C=O) groups excluding carboxylic acids is 1. The first-order valence-corrected chi connectivity index (χ1v) is 9.91. The van der Waals surface area contributed by atoms with Gasteiger partial charge in [-0.15, -0.1) is 0 Å². The minimum atomic E-state index is -3.57. The Bertz CT molecular complexity index is 714. The molecule has 0 saturated carbocycles. The Kier molecular flexibility index (Phi) is 5.55. The van der Waals surface area contributed by atoms with E-state index in [1.54, 1.807) is 23.1 Å². The van der Waals surface area contributed by atoms with Crippen molar-refractivity contribution in [1.29, 1.82) is 0 Å². The monoisotopic (exact) mass is 353 g/mol. The summed E-state index contributed by atoms with van der Waals surface area (Å²) in [6.07, 6.45) is 2.24. The van der Waals surface area contributed by atoms with Crippen LogP contribution < -0.4 is 14.9 Å². The zero-order valence-electron chi connectivity index (χ0n) is 14.8. The average Bonchev–Trinajstić information content (AvgIpc) is 2.94. The number of hydrogen-bond acceptors (Lipinski definition) is 3. The highest BCUT2D eigenvalue weighted by Gasteiger charge is 2.28. The van der Waals surface area contributed by atoms with E-state index in [0.717, 1.165) is 17.7 Å². The van der Waals surface area contributed by atoms with E-state index in [1.165, 1.54) is 0 Å². The number of sulfonamides is 1. The Labute approximate surface area is 144 Å². The quantitative estimate of drug-likeness (QED) is 0.825. The van der Waals surface area contributed by atoms with Gasteiger partial charge in [-0.1, -0.05) is 13.8 Å². The molecule has 2 amide bonds. The van der Waals surface area contributed by atoms with Crippen molar-refractivity contribution in [2.24, 2.45) is 0 Å². The molecule has 2 N–H and O–H groups in total. The molecule has 1 aromatic carbocycles. The summed E-state index contributed by atoms with van der Waals surface area (Å²) < 4.78 is 27.8. The van der Waals surface area contributed by atoms with Gasteiger partial charge in [-0.05, 0) is 56.9 Å². The molecule has 1 aromatic rings. The molecule has 0 radical (unpaired) electrons. The van der Waals surface area contributed by atoms with Crippen LogP contribution in [0.4, 0.5) is 10.5 Å². The highest BCUT2D eigenvalue weighted by Crippen LogP contribution is 2.30. The average molecular weight is 353 g/mol.